The number of benzene rings is 2. The first kappa shape index (κ1) is 26.3. The van der Waals surface area contributed by atoms with Crippen LogP contribution in [0.3, 0.4) is 0 Å². The van der Waals surface area contributed by atoms with E-state index >= 15 is 0 Å². The van der Waals surface area contributed by atoms with E-state index in [1.807, 2.05) is 46.1 Å². The Labute approximate surface area is 185 Å². The number of nitrogens with one attached hydrogen (secondary N) is 1. The summed E-state index contributed by atoms with van der Waals surface area (Å²) < 4.78 is 0. The molecule has 7 heteroatoms. The molecule has 0 unspecified atom stereocenters. The lowest BCUT2D eigenvalue weighted by atomic mass is 10.1. The minimum atomic E-state index is -0.862. The zero-order valence-corrected chi connectivity index (χ0v) is 19.5. The van der Waals surface area contributed by atoms with Crippen LogP contribution in [-0.2, 0) is 13.1 Å². The zero-order valence-electron chi connectivity index (χ0n) is 19.5. The molecule has 0 aliphatic rings. The lowest BCUT2D eigenvalue weighted by Crippen LogP contribution is -2.30. The maximum Gasteiger partial charge on any atom is 0.335 e. The first-order chi connectivity index (χ1) is 14.6. The summed E-state index contributed by atoms with van der Waals surface area (Å²) in [5, 5.41) is 8.91. The molecule has 4 N–H and O–H groups in total. The molecule has 0 aliphatic heterocycles. The standard InChI is InChI=1S/C12H19N3O.C12H17NO2/c1-4-15(3)8-10-5-9(2)6-11(7-10)12(16)14-13;1-4-13(3)8-10-5-9(2)6-11(7-10)12(14)15/h5-7H,4,8,13H2,1-3H3,(H,14,16);5-7H,4,8H2,1-3H3,(H,14,15). The molecule has 0 radical (unpaired) electrons. The van der Waals surface area contributed by atoms with E-state index in [-0.39, 0.29) is 5.91 Å². The van der Waals surface area contributed by atoms with Crippen LogP contribution in [0.2, 0.25) is 0 Å². The summed E-state index contributed by atoms with van der Waals surface area (Å²) in [6.45, 7) is 11.6. The molecule has 0 saturated carbocycles. The lowest BCUT2D eigenvalue weighted by Gasteiger charge is -2.15. The maximum absolute atomic E-state index is 11.4. The molecular formula is C24H36N4O3. The first-order valence-corrected chi connectivity index (χ1v) is 10.4. The molecule has 0 bridgehead atoms. The molecule has 0 aliphatic carbocycles. The maximum atomic E-state index is 11.4. The molecule has 1 amide bonds. The van der Waals surface area contributed by atoms with Crippen LogP contribution in [0.15, 0.2) is 36.4 Å². The largest absolute Gasteiger partial charge is 0.478 e. The average molecular weight is 429 g/mol. The van der Waals surface area contributed by atoms with E-state index in [4.69, 9.17) is 10.9 Å². The van der Waals surface area contributed by atoms with Gasteiger partial charge in [0.25, 0.3) is 5.91 Å². The third-order valence-corrected chi connectivity index (χ3v) is 4.90. The Morgan fingerprint density at radius 2 is 1.26 bits per heavy atom. The molecule has 0 heterocycles. The number of aryl methyl sites for hydroxylation is 2. The molecule has 0 saturated heterocycles. The van der Waals surface area contributed by atoms with Gasteiger partial charge < -0.3 is 14.9 Å². The van der Waals surface area contributed by atoms with Gasteiger partial charge in [0.15, 0.2) is 0 Å². The van der Waals surface area contributed by atoms with Crippen molar-refractivity contribution in [3.63, 3.8) is 0 Å². The molecule has 2 aromatic carbocycles. The second-order valence-corrected chi connectivity index (χ2v) is 7.85. The van der Waals surface area contributed by atoms with Crippen LogP contribution in [0.25, 0.3) is 0 Å². The highest BCUT2D eigenvalue weighted by Gasteiger charge is 2.07. The summed E-state index contributed by atoms with van der Waals surface area (Å²) >= 11 is 0. The Balaban J connectivity index is 0.000000311. The van der Waals surface area contributed by atoms with Gasteiger partial charge >= 0.3 is 5.97 Å². The molecular weight excluding hydrogens is 392 g/mol. The highest BCUT2D eigenvalue weighted by molar-refractivity contribution is 5.94. The first-order valence-electron chi connectivity index (χ1n) is 10.4. The quantitative estimate of drug-likeness (QED) is 0.339. The Kier molecular flexibility index (Phi) is 10.9. The molecule has 7 nitrogen and oxygen atoms in total. The molecule has 0 fully saturated rings. The number of carboxylic acid groups (broad SMARTS) is 1. The van der Waals surface area contributed by atoms with Crippen molar-refractivity contribution in [2.24, 2.45) is 5.84 Å². The van der Waals surface area contributed by atoms with Crippen molar-refractivity contribution in [2.75, 3.05) is 27.2 Å². The van der Waals surface area contributed by atoms with Crippen LogP contribution >= 0.6 is 0 Å². The van der Waals surface area contributed by atoms with Crippen molar-refractivity contribution in [3.8, 4) is 0 Å². The average Bonchev–Trinajstić information content (AvgIpc) is 2.72. The number of aromatic carboxylic acids is 1. The van der Waals surface area contributed by atoms with Crippen molar-refractivity contribution in [1.29, 1.82) is 0 Å². The summed E-state index contributed by atoms with van der Waals surface area (Å²) in [7, 11) is 4.06. The summed E-state index contributed by atoms with van der Waals surface area (Å²) in [6.07, 6.45) is 0. The second kappa shape index (κ2) is 12.8. The number of carboxylic acids is 1. The van der Waals surface area contributed by atoms with Crippen LogP contribution in [0.1, 0.15) is 56.8 Å². The topological polar surface area (TPSA) is 98.9 Å². The highest BCUT2D eigenvalue weighted by atomic mass is 16.4. The van der Waals surface area contributed by atoms with Crippen LogP contribution in [-0.4, -0.2) is 54.0 Å². The summed E-state index contributed by atoms with van der Waals surface area (Å²) in [5.74, 6) is 4.01. The van der Waals surface area contributed by atoms with Gasteiger partial charge in [-0.1, -0.05) is 31.5 Å². The lowest BCUT2D eigenvalue weighted by molar-refractivity contribution is 0.0696. The van der Waals surface area contributed by atoms with Gasteiger partial charge in [-0.05, 0) is 82.0 Å². The zero-order chi connectivity index (χ0) is 23.6. The third-order valence-electron chi connectivity index (χ3n) is 4.90. The molecule has 2 aromatic rings. The van der Waals surface area contributed by atoms with Gasteiger partial charge in [0.05, 0.1) is 5.56 Å². The van der Waals surface area contributed by atoms with Crippen LogP contribution < -0.4 is 11.3 Å². The van der Waals surface area contributed by atoms with Crippen molar-refractivity contribution in [3.05, 3.63) is 69.8 Å². The summed E-state index contributed by atoms with van der Waals surface area (Å²) in [5.41, 5.74) is 7.38. The Morgan fingerprint density at radius 1 is 0.839 bits per heavy atom. The number of hydrogen-bond acceptors (Lipinski definition) is 5. The van der Waals surface area contributed by atoms with Crippen LogP contribution in [0.5, 0.6) is 0 Å². The monoisotopic (exact) mass is 428 g/mol. The molecule has 0 spiro atoms. The van der Waals surface area contributed by atoms with E-state index in [9.17, 15) is 9.59 Å². The molecule has 31 heavy (non-hydrogen) atoms. The number of carbonyl (C=O) groups excluding carboxylic acids is 1. The molecule has 2 rings (SSSR count). The number of hydrazine groups is 1. The number of carbonyl (C=O) groups is 2. The van der Waals surface area contributed by atoms with Gasteiger partial charge in [0, 0.05) is 18.7 Å². The van der Waals surface area contributed by atoms with E-state index in [1.165, 1.54) is 0 Å². The molecule has 170 valence electrons. The minimum Gasteiger partial charge on any atom is -0.478 e. The van der Waals surface area contributed by atoms with Crippen molar-refractivity contribution in [1.82, 2.24) is 15.2 Å². The van der Waals surface area contributed by atoms with Crippen LogP contribution in [0, 0.1) is 13.8 Å². The highest BCUT2D eigenvalue weighted by Crippen LogP contribution is 2.12. The van der Waals surface area contributed by atoms with E-state index in [2.05, 4.69) is 35.1 Å². The number of nitrogens with two attached hydrogens (primary N) is 1. The fourth-order valence-corrected chi connectivity index (χ4v) is 3.09. The fourth-order valence-electron chi connectivity index (χ4n) is 3.09. The van der Waals surface area contributed by atoms with Gasteiger partial charge in [-0.2, -0.15) is 0 Å². The molecule has 0 atom stereocenters. The van der Waals surface area contributed by atoms with Crippen molar-refractivity contribution >= 4 is 11.9 Å². The number of hydrogen-bond donors (Lipinski definition) is 3. The molecule has 0 aromatic heterocycles. The van der Waals surface area contributed by atoms with Gasteiger partial charge in [-0.15, -0.1) is 0 Å². The van der Waals surface area contributed by atoms with Gasteiger partial charge in [-0.25, -0.2) is 10.6 Å². The summed E-state index contributed by atoms with van der Waals surface area (Å²) in [6, 6.07) is 11.2. The van der Waals surface area contributed by atoms with Gasteiger partial charge in [0.2, 0.25) is 0 Å². The SMILES string of the molecule is CCN(C)Cc1cc(C)cc(C(=O)NN)c1.CCN(C)Cc1cc(C)cc(C(=O)O)c1. The minimum absolute atomic E-state index is 0.246. The van der Waals surface area contributed by atoms with E-state index in [0.717, 1.165) is 48.4 Å². The van der Waals surface area contributed by atoms with E-state index in [0.29, 0.717) is 11.1 Å². The fraction of sp³-hybridized carbons (Fsp3) is 0.417. The summed E-state index contributed by atoms with van der Waals surface area (Å²) in [4.78, 5) is 26.6. The van der Waals surface area contributed by atoms with Gasteiger partial charge in [0.1, 0.15) is 0 Å². The normalized spacial score (nSPS) is 10.6. The van der Waals surface area contributed by atoms with Crippen molar-refractivity contribution in [2.45, 2.75) is 40.8 Å². The Morgan fingerprint density at radius 3 is 1.65 bits per heavy atom. The van der Waals surface area contributed by atoms with E-state index in [1.54, 1.807) is 12.1 Å². The number of rotatable bonds is 8. The smallest absolute Gasteiger partial charge is 0.335 e. The Bertz CT molecular complexity index is 883. The number of amides is 1. The number of nitrogen functional groups attached to an aromatic ring is 1. The third kappa shape index (κ3) is 9.29. The Hall–Kier alpha value is -2.74. The predicted octanol–water partition coefficient (Wildman–Crippen LogP) is 3.20. The van der Waals surface area contributed by atoms with E-state index < -0.39 is 5.97 Å². The van der Waals surface area contributed by atoms with Crippen molar-refractivity contribution < 1.29 is 14.7 Å². The van der Waals surface area contributed by atoms with Gasteiger partial charge in [-0.3, -0.25) is 10.2 Å². The number of nitrogens with zero attached hydrogens (tertiary/aromatic N) is 2. The second-order valence-electron chi connectivity index (χ2n) is 7.85. The van der Waals surface area contributed by atoms with Crippen LogP contribution in [0.4, 0.5) is 0 Å². The predicted molar refractivity (Wildman–Crippen MR) is 125 cm³/mol.